The smallest absolute Gasteiger partial charge is 0.254 e. The van der Waals surface area contributed by atoms with E-state index >= 15 is 0 Å². The number of hydrogen-bond acceptors (Lipinski definition) is 2. The fourth-order valence-electron chi connectivity index (χ4n) is 2.65. The Bertz CT molecular complexity index is 407. The molecular weight excluding hydrogens is 236 g/mol. The van der Waals surface area contributed by atoms with E-state index in [-0.39, 0.29) is 5.91 Å². The summed E-state index contributed by atoms with van der Waals surface area (Å²) in [5.41, 5.74) is 2.00. The number of carbonyl (C=O) groups excluding carboxylic acids is 1. The van der Waals surface area contributed by atoms with Crippen LogP contribution in [0.5, 0.6) is 0 Å². The highest BCUT2D eigenvalue weighted by Gasteiger charge is 2.25. The molecule has 3 heteroatoms. The summed E-state index contributed by atoms with van der Waals surface area (Å²) >= 11 is 0. The van der Waals surface area contributed by atoms with Crippen LogP contribution in [0.25, 0.3) is 0 Å². The average molecular weight is 260 g/mol. The maximum atomic E-state index is 12.6. The Kier molecular flexibility index (Phi) is 4.97. The highest BCUT2D eigenvalue weighted by Crippen LogP contribution is 2.15. The second kappa shape index (κ2) is 6.71. The maximum absolute atomic E-state index is 12.6. The topological polar surface area (TPSA) is 32.3 Å². The predicted octanol–water partition coefficient (Wildman–Crippen LogP) is 2.60. The minimum Gasteiger partial charge on any atom is -0.334 e. The normalized spacial score (nSPS) is 19.2. The third kappa shape index (κ3) is 3.57. The van der Waals surface area contributed by atoms with Gasteiger partial charge in [-0.25, -0.2) is 0 Å². The van der Waals surface area contributed by atoms with Crippen LogP contribution in [0.4, 0.5) is 0 Å². The van der Waals surface area contributed by atoms with Crippen LogP contribution in [-0.2, 0) is 0 Å². The molecule has 0 bridgehead atoms. The third-order valence-corrected chi connectivity index (χ3v) is 3.74. The van der Waals surface area contributed by atoms with E-state index in [2.05, 4.69) is 17.1 Å². The molecule has 1 aliphatic heterocycles. The van der Waals surface area contributed by atoms with Crippen LogP contribution in [0.1, 0.15) is 42.1 Å². The summed E-state index contributed by atoms with van der Waals surface area (Å²) in [5.74, 6) is 0.176. The third-order valence-electron chi connectivity index (χ3n) is 3.74. The molecule has 0 aromatic heterocycles. The minimum atomic E-state index is 0.176. The number of benzene rings is 1. The molecular formula is C16H24N2O. The Morgan fingerprint density at radius 3 is 2.68 bits per heavy atom. The number of rotatable bonds is 4. The van der Waals surface area contributed by atoms with E-state index in [0.29, 0.717) is 6.04 Å². The summed E-state index contributed by atoms with van der Waals surface area (Å²) in [7, 11) is 0. The van der Waals surface area contributed by atoms with E-state index in [1.54, 1.807) is 0 Å². The highest BCUT2D eigenvalue weighted by molar-refractivity contribution is 5.94. The lowest BCUT2D eigenvalue weighted by molar-refractivity contribution is 0.0649. The first-order chi connectivity index (χ1) is 9.22. The number of amides is 1. The Morgan fingerprint density at radius 1 is 1.37 bits per heavy atom. The van der Waals surface area contributed by atoms with Crippen molar-refractivity contribution in [1.82, 2.24) is 10.2 Å². The van der Waals surface area contributed by atoms with Crippen molar-refractivity contribution in [2.75, 3.05) is 19.6 Å². The van der Waals surface area contributed by atoms with Gasteiger partial charge in [-0.1, -0.05) is 24.6 Å². The maximum Gasteiger partial charge on any atom is 0.254 e. The molecule has 0 aliphatic carbocycles. The van der Waals surface area contributed by atoms with Gasteiger partial charge in [0.05, 0.1) is 0 Å². The summed E-state index contributed by atoms with van der Waals surface area (Å²) < 4.78 is 0. The predicted molar refractivity (Wildman–Crippen MR) is 78.4 cm³/mol. The molecule has 1 heterocycles. The van der Waals surface area contributed by atoms with Gasteiger partial charge < -0.3 is 10.2 Å². The number of nitrogens with one attached hydrogen (secondary N) is 1. The summed E-state index contributed by atoms with van der Waals surface area (Å²) in [6.07, 6.45) is 3.28. The largest absolute Gasteiger partial charge is 0.334 e. The quantitative estimate of drug-likeness (QED) is 0.902. The zero-order valence-electron chi connectivity index (χ0n) is 12.0. The number of nitrogens with zero attached hydrogens (tertiary/aromatic N) is 1. The average Bonchev–Trinajstić information content (AvgIpc) is 2.46. The van der Waals surface area contributed by atoms with Gasteiger partial charge in [0.15, 0.2) is 0 Å². The monoisotopic (exact) mass is 260 g/mol. The molecule has 3 nitrogen and oxygen atoms in total. The zero-order valence-corrected chi connectivity index (χ0v) is 12.0. The Balaban J connectivity index is 2.13. The summed E-state index contributed by atoms with van der Waals surface area (Å²) in [4.78, 5) is 14.7. The van der Waals surface area contributed by atoms with Crippen LogP contribution >= 0.6 is 0 Å². The van der Waals surface area contributed by atoms with Crippen molar-refractivity contribution >= 4 is 5.91 Å². The Morgan fingerprint density at radius 2 is 2.11 bits per heavy atom. The van der Waals surface area contributed by atoms with E-state index in [0.717, 1.165) is 44.5 Å². The van der Waals surface area contributed by atoms with Crippen molar-refractivity contribution in [2.24, 2.45) is 0 Å². The first-order valence-electron chi connectivity index (χ1n) is 7.30. The molecule has 1 aromatic carbocycles. The summed E-state index contributed by atoms with van der Waals surface area (Å²) in [6.45, 7) is 7.03. The molecule has 1 amide bonds. The van der Waals surface area contributed by atoms with E-state index in [1.165, 1.54) is 5.56 Å². The molecule has 1 atom stereocenters. The molecule has 104 valence electrons. The van der Waals surface area contributed by atoms with Crippen molar-refractivity contribution in [2.45, 2.75) is 39.2 Å². The fraction of sp³-hybridized carbons (Fsp3) is 0.562. The standard InChI is InChI=1S/C16H24N2O/c1-3-11-18(15-5-4-10-17-12-15)16(19)14-8-6-13(2)7-9-14/h6-9,15,17H,3-5,10-12H2,1-2H3. The minimum absolute atomic E-state index is 0.176. The van der Waals surface area contributed by atoms with Gasteiger partial charge >= 0.3 is 0 Å². The van der Waals surface area contributed by atoms with Gasteiger partial charge in [0.1, 0.15) is 0 Å². The molecule has 2 rings (SSSR count). The lowest BCUT2D eigenvalue weighted by Crippen LogP contribution is -2.49. The number of hydrogen-bond donors (Lipinski definition) is 1. The lowest BCUT2D eigenvalue weighted by Gasteiger charge is -2.34. The van der Waals surface area contributed by atoms with E-state index in [1.807, 2.05) is 31.2 Å². The fourth-order valence-corrected chi connectivity index (χ4v) is 2.65. The number of carbonyl (C=O) groups is 1. The molecule has 1 fully saturated rings. The second-order valence-corrected chi connectivity index (χ2v) is 5.36. The summed E-state index contributed by atoms with van der Waals surface area (Å²) in [6, 6.07) is 8.25. The first-order valence-corrected chi connectivity index (χ1v) is 7.30. The first kappa shape index (κ1) is 14.1. The van der Waals surface area contributed by atoms with Crippen molar-refractivity contribution in [3.63, 3.8) is 0 Å². The van der Waals surface area contributed by atoms with E-state index < -0.39 is 0 Å². The lowest BCUT2D eigenvalue weighted by atomic mass is 10.0. The second-order valence-electron chi connectivity index (χ2n) is 5.36. The van der Waals surface area contributed by atoms with Crippen molar-refractivity contribution in [1.29, 1.82) is 0 Å². The van der Waals surface area contributed by atoms with Crippen molar-refractivity contribution in [3.05, 3.63) is 35.4 Å². The molecule has 0 saturated carbocycles. The number of aryl methyl sites for hydroxylation is 1. The molecule has 1 N–H and O–H groups in total. The van der Waals surface area contributed by atoms with Gasteiger partial charge in [0.2, 0.25) is 0 Å². The SMILES string of the molecule is CCCN(C(=O)c1ccc(C)cc1)C1CCCNC1. The van der Waals surface area contributed by atoms with Crippen LogP contribution in [0.15, 0.2) is 24.3 Å². The molecule has 1 aromatic rings. The van der Waals surface area contributed by atoms with Gasteiger partial charge in [0.25, 0.3) is 5.91 Å². The van der Waals surface area contributed by atoms with E-state index in [4.69, 9.17) is 0 Å². The summed E-state index contributed by atoms with van der Waals surface area (Å²) in [5, 5.41) is 3.40. The van der Waals surface area contributed by atoms with Crippen LogP contribution in [0.3, 0.4) is 0 Å². The van der Waals surface area contributed by atoms with Gasteiger partial charge in [-0.05, 0) is 44.9 Å². The van der Waals surface area contributed by atoms with Gasteiger partial charge in [-0.15, -0.1) is 0 Å². The van der Waals surface area contributed by atoms with E-state index in [9.17, 15) is 4.79 Å². The van der Waals surface area contributed by atoms with Crippen LogP contribution < -0.4 is 5.32 Å². The molecule has 0 radical (unpaired) electrons. The van der Waals surface area contributed by atoms with Crippen molar-refractivity contribution < 1.29 is 4.79 Å². The van der Waals surface area contributed by atoms with Gasteiger partial charge in [-0.3, -0.25) is 4.79 Å². The molecule has 1 unspecified atom stereocenters. The van der Waals surface area contributed by atoms with Crippen LogP contribution in [-0.4, -0.2) is 36.5 Å². The van der Waals surface area contributed by atoms with Crippen LogP contribution in [0, 0.1) is 6.92 Å². The molecule has 1 aliphatic rings. The Hall–Kier alpha value is -1.35. The van der Waals surface area contributed by atoms with Crippen molar-refractivity contribution in [3.8, 4) is 0 Å². The molecule has 19 heavy (non-hydrogen) atoms. The highest BCUT2D eigenvalue weighted by atomic mass is 16.2. The molecule has 1 saturated heterocycles. The van der Waals surface area contributed by atoms with Gasteiger partial charge in [0, 0.05) is 24.7 Å². The van der Waals surface area contributed by atoms with Gasteiger partial charge in [-0.2, -0.15) is 0 Å². The number of piperidine rings is 1. The Labute approximate surface area is 116 Å². The zero-order chi connectivity index (χ0) is 13.7. The van der Waals surface area contributed by atoms with Crippen LogP contribution in [0.2, 0.25) is 0 Å². The molecule has 0 spiro atoms.